The smallest absolute Gasteiger partial charge is 0.264 e. The number of aliphatic hydroxyl groups is 1. The number of hydrogen-bond acceptors (Lipinski definition) is 6. The third kappa shape index (κ3) is 4.91. The molecular weight excluding hydrogens is 348 g/mol. The fraction of sp³-hybridized carbons (Fsp3) is 0.562. The average Bonchev–Trinajstić information content (AvgIpc) is 2.60. The first-order chi connectivity index (χ1) is 11.7. The van der Waals surface area contributed by atoms with Crippen LogP contribution in [0.5, 0.6) is 5.75 Å². The molecule has 8 nitrogen and oxygen atoms in total. The lowest BCUT2D eigenvalue weighted by Gasteiger charge is -2.33. The number of hydrogen-bond donors (Lipinski definition) is 3. The highest BCUT2D eigenvalue weighted by molar-refractivity contribution is 7.89. The molecule has 1 amide bonds. The van der Waals surface area contributed by atoms with E-state index >= 15 is 0 Å². The second-order valence-electron chi connectivity index (χ2n) is 5.95. The average molecular weight is 374 g/mol. The quantitative estimate of drug-likeness (QED) is 0.438. The van der Waals surface area contributed by atoms with Crippen LogP contribution in [0.2, 0.25) is 0 Å². The van der Waals surface area contributed by atoms with Crippen LogP contribution in [0, 0.1) is 5.92 Å². The Bertz CT molecular complexity index is 660. The predicted octanol–water partition coefficient (Wildman–Crippen LogP) is 0.987. The van der Waals surface area contributed by atoms with Crippen LogP contribution in [-0.4, -0.2) is 54.7 Å². The maximum Gasteiger partial charge on any atom is 0.264 e. The van der Waals surface area contributed by atoms with Gasteiger partial charge in [-0.05, 0) is 36.6 Å². The van der Waals surface area contributed by atoms with Gasteiger partial charge in [0.05, 0.1) is 18.1 Å². The number of aliphatic hydroxyl groups excluding tert-OH is 1. The Hall–Kier alpha value is -1.68. The molecule has 142 valence electrons. The Morgan fingerprint density at radius 1 is 1.28 bits per heavy atom. The molecular formula is C16H26N2O6S. The number of ether oxygens (including phenoxy) is 1. The molecule has 0 aliphatic rings. The SMILES string of the molecule is CCCN([C@@H](C(=O)NO)C(O)C(C)C)S(=O)(=O)c1ccc(OC)cc1. The van der Waals surface area contributed by atoms with Gasteiger partial charge in [-0.1, -0.05) is 20.8 Å². The van der Waals surface area contributed by atoms with E-state index in [0.717, 1.165) is 4.31 Å². The summed E-state index contributed by atoms with van der Waals surface area (Å²) in [5.41, 5.74) is 1.46. The van der Waals surface area contributed by atoms with Gasteiger partial charge in [0.2, 0.25) is 10.0 Å². The van der Waals surface area contributed by atoms with E-state index in [1.54, 1.807) is 20.8 Å². The minimum absolute atomic E-state index is 0.0101. The zero-order chi connectivity index (χ0) is 19.2. The lowest BCUT2D eigenvalue weighted by Crippen LogP contribution is -2.56. The monoisotopic (exact) mass is 374 g/mol. The normalized spacial score (nSPS) is 14.4. The van der Waals surface area contributed by atoms with Crippen molar-refractivity contribution in [2.45, 2.75) is 44.2 Å². The molecule has 0 aliphatic heterocycles. The molecule has 9 heteroatoms. The summed E-state index contributed by atoms with van der Waals surface area (Å²) in [6.07, 6.45) is -0.859. The second-order valence-corrected chi connectivity index (χ2v) is 7.84. The molecule has 0 bridgehead atoms. The van der Waals surface area contributed by atoms with E-state index in [0.29, 0.717) is 12.2 Å². The number of benzene rings is 1. The first-order valence-electron chi connectivity index (χ1n) is 7.98. The molecule has 3 N–H and O–H groups in total. The molecule has 0 saturated heterocycles. The number of nitrogens with one attached hydrogen (secondary N) is 1. The van der Waals surface area contributed by atoms with Crippen LogP contribution in [0.15, 0.2) is 29.2 Å². The van der Waals surface area contributed by atoms with Gasteiger partial charge in [-0.15, -0.1) is 0 Å². The standard InChI is InChI=1S/C16H26N2O6S/c1-5-10-18(14(16(20)17-21)15(19)11(2)3)25(22,23)13-8-6-12(24-4)7-9-13/h6-9,11,14-15,19,21H,5,10H2,1-4H3,(H,17,20)/t14-,15?/m1/s1. The fourth-order valence-electron chi connectivity index (χ4n) is 2.40. The Balaban J connectivity index is 3.39. The predicted molar refractivity (Wildman–Crippen MR) is 91.7 cm³/mol. The summed E-state index contributed by atoms with van der Waals surface area (Å²) in [5, 5.41) is 19.4. The molecule has 0 aromatic heterocycles. The largest absolute Gasteiger partial charge is 0.497 e. The van der Waals surface area contributed by atoms with Gasteiger partial charge in [-0.3, -0.25) is 10.0 Å². The lowest BCUT2D eigenvalue weighted by atomic mass is 9.99. The number of sulfonamides is 1. The number of carbonyl (C=O) groups excluding carboxylic acids is 1. The number of nitrogens with zero attached hydrogens (tertiary/aromatic N) is 1. The molecule has 0 fully saturated rings. The molecule has 0 aliphatic carbocycles. The maximum absolute atomic E-state index is 13.0. The summed E-state index contributed by atoms with van der Waals surface area (Å²) in [7, 11) is -2.61. The highest BCUT2D eigenvalue weighted by Crippen LogP contribution is 2.24. The van der Waals surface area contributed by atoms with Gasteiger partial charge in [0.1, 0.15) is 11.8 Å². The fourth-order valence-corrected chi connectivity index (χ4v) is 4.09. The molecule has 0 spiro atoms. The number of carbonyl (C=O) groups is 1. The Morgan fingerprint density at radius 3 is 2.24 bits per heavy atom. The van der Waals surface area contributed by atoms with Crippen LogP contribution < -0.4 is 10.2 Å². The molecule has 0 heterocycles. The van der Waals surface area contributed by atoms with Gasteiger partial charge in [0.25, 0.3) is 5.91 Å². The minimum Gasteiger partial charge on any atom is -0.497 e. The van der Waals surface area contributed by atoms with E-state index < -0.39 is 34.0 Å². The van der Waals surface area contributed by atoms with Crippen molar-refractivity contribution in [2.75, 3.05) is 13.7 Å². The van der Waals surface area contributed by atoms with Gasteiger partial charge in [-0.25, -0.2) is 13.9 Å². The van der Waals surface area contributed by atoms with Crippen molar-refractivity contribution in [3.05, 3.63) is 24.3 Å². The molecule has 1 unspecified atom stereocenters. The van der Waals surface area contributed by atoms with Crippen molar-refractivity contribution in [3.8, 4) is 5.75 Å². The van der Waals surface area contributed by atoms with Gasteiger partial charge >= 0.3 is 0 Å². The van der Waals surface area contributed by atoms with E-state index in [1.807, 2.05) is 0 Å². The third-order valence-corrected chi connectivity index (χ3v) is 5.70. The Morgan fingerprint density at radius 2 is 1.84 bits per heavy atom. The zero-order valence-electron chi connectivity index (χ0n) is 14.8. The summed E-state index contributed by atoms with van der Waals surface area (Å²) < 4.78 is 32.0. The van der Waals surface area contributed by atoms with Gasteiger partial charge in [0, 0.05) is 6.54 Å². The summed E-state index contributed by atoms with van der Waals surface area (Å²) in [6.45, 7) is 5.08. The van der Waals surface area contributed by atoms with Crippen molar-refractivity contribution in [1.29, 1.82) is 0 Å². The van der Waals surface area contributed by atoms with Crippen molar-refractivity contribution >= 4 is 15.9 Å². The molecule has 1 aromatic carbocycles. The number of methoxy groups -OCH3 is 1. The van der Waals surface area contributed by atoms with Crippen molar-refractivity contribution in [2.24, 2.45) is 5.92 Å². The Labute approximate surface area is 148 Å². The molecule has 1 aromatic rings. The summed E-state index contributed by atoms with van der Waals surface area (Å²) in [5.74, 6) is -0.882. The van der Waals surface area contributed by atoms with E-state index in [1.165, 1.54) is 36.9 Å². The summed E-state index contributed by atoms with van der Waals surface area (Å²) in [4.78, 5) is 12.1. The Kier molecular flexibility index (Phi) is 7.81. The molecule has 2 atom stereocenters. The molecule has 0 saturated carbocycles. The first-order valence-corrected chi connectivity index (χ1v) is 9.42. The van der Waals surface area contributed by atoms with Crippen molar-refractivity contribution in [3.63, 3.8) is 0 Å². The van der Waals surface area contributed by atoms with Gasteiger partial charge < -0.3 is 9.84 Å². The molecule has 0 radical (unpaired) electrons. The number of rotatable bonds is 9. The van der Waals surface area contributed by atoms with Gasteiger partial charge in [0.15, 0.2) is 0 Å². The van der Waals surface area contributed by atoms with Crippen molar-refractivity contribution < 1.29 is 28.3 Å². The lowest BCUT2D eigenvalue weighted by molar-refractivity contribution is -0.138. The van der Waals surface area contributed by atoms with E-state index in [2.05, 4.69) is 0 Å². The van der Waals surface area contributed by atoms with Crippen LogP contribution in [0.25, 0.3) is 0 Å². The topological polar surface area (TPSA) is 116 Å². The van der Waals surface area contributed by atoms with Crippen LogP contribution in [0.4, 0.5) is 0 Å². The van der Waals surface area contributed by atoms with Gasteiger partial charge in [-0.2, -0.15) is 4.31 Å². The third-order valence-electron chi connectivity index (χ3n) is 3.81. The first kappa shape index (κ1) is 21.4. The van der Waals surface area contributed by atoms with Crippen molar-refractivity contribution in [1.82, 2.24) is 9.79 Å². The minimum atomic E-state index is -4.08. The van der Waals surface area contributed by atoms with E-state index in [-0.39, 0.29) is 11.4 Å². The van der Waals surface area contributed by atoms with E-state index in [9.17, 15) is 18.3 Å². The highest BCUT2D eigenvalue weighted by atomic mass is 32.2. The molecule has 25 heavy (non-hydrogen) atoms. The second kappa shape index (κ2) is 9.14. The highest BCUT2D eigenvalue weighted by Gasteiger charge is 2.41. The summed E-state index contributed by atoms with van der Waals surface area (Å²) in [6, 6.07) is 4.28. The number of hydroxylamine groups is 1. The van der Waals surface area contributed by atoms with Crippen LogP contribution >= 0.6 is 0 Å². The van der Waals surface area contributed by atoms with Crippen LogP contribution in [-0.2, 0) is 14.8 Å². The summed E-state index contributed by atoms with van der Waals surface area (Å²) >= 11 is 0. The molecule has 1 rings (SSSR count). The zero-order valence-corrected chi connectivity index (χ0v) is 15.7. The number of amides is 1. The van der Waals surface area contributed by atoms with Crippen LogP contribution in [0.1, 0.15) is 27.2 Å². The van der Waals surface area contributed by atoms with Crippen LogP contribution in [0.3, 0.4) is 0 Å². The maximum atomic E-state index is 13.0. The van der Waals surface area contributed by atoms with E-state index in [4.69, 9.17) is 9.94 Å².